The molecule has 1 aromatic carbocycles. The molecule has 2 N–H and O–H groups in total. The number of nitrogens with one attached hydrogen (secondary N) is 2. The lowest BCUT2D eigenvalue weighted by atomic mass is 10.1. The molecule has 94 valence electrons. The summed E-state index contributed by atoms with van der Waals surface area (Å²) in [4.78, 5) is 11.9. The number of aryl methyl sites for hydroxylation is 1. The summed E-state index contributed by atoms with van der Waals surface area (Å²) >= 11 is 2.19. The monoisotopic (exact) mass is 346 g/mol. The van der Waals surface area contributed by atoms with E-state index in [1.54, 1.807) is 0 Å². The SMILES string of the molecule is CCCNCCNC(=O)c1cc(C)ccc1I. The fraction of sp³-hybridized carbons (Fsp3) is 0.462. The van der Waals surface area contributed by atoms with E-state index in [-0.39, 0.29) is 5.91 Å². The number of carbonyl (C=O) groups is 1. The van der Waals surface area contributed by atoms with E-state index in [0.29, 0.717) is 6.54 Å². The Bertz CT molecular complexity index is 380. The Morgan fingerprint density at radius 1 is 1.29 bits per heavy atom. The molecule has 0 radical (unpaired) electrons. The second-order valence-corrected chi connectivity index (χ2v) is 5.15. The van der Waals surface area contributed by atoms with E-state index in [4.69, 9.17) is 0 Å². The van der Waals surface area contributed by atoms with E-state index in [1.807, 2.05) is 25.1 Å². The Kier molecular flexibility index (Phi) is 6.50. The summed E-state index contributed by atoms with van der Waals surface area (Å²) in [6, 6.07) is 5.91. The molecule has 1 amide bonds. The molecule has 0 saturated heterocycles. The van der Waals surface area contributed by atoms with Crippen molar-refractivity contribution in [1.29, 1.82) is 0 Å². The van der Waals surface area contributed by atoms with Crippen LogP contribution < -0.4 is 10.6 Å². The molecule has 0 aromatic heterocycles. The Morgan fingerprint density at radius 3 is 2.76 bits per heavy atom. The molecule has 0 spiro atoms. The second-order valence-electron chi connectivity index (χ2n) is 3.99. The van der Waals surface area contributed by atoms with Gasteiger partial charge in [0.25, 0.3) is 5.91 Å². The van der Waals surface area contributed by atoms with Crippen LogP contribution in [-0.4, -0.2) is 25.5 Å². The molecule has 17 heavy (non-hydrogen) atoms. The first-order chi connectivity index (χ1) is 8.15. The molecular formula is C13H19IN2O. The molecule has 0 fully saturated rings. The molecule has 0 atom stereocenters. The number of hydrogen-bond donors (Lipinski definition) is 2. The van der Waals surface area contributed by atoms with E-state index in [0.717, 1.165) is 34.2 Å². The van der Waals surface area contributed by atoms with Crippen LogP contribution in [0.15, 0.2) is 18.2 Å². The molecule has 0 aliphatic carbocycles. The van der Waals surface area contributed by atoms with Crippen LogP contribution in [0, 0.1) is 10.5 Å². The standard InChI is InChI=1S/C13H19IN2O/c1-3-6-15-7-8-16-13(17)11-9-10(2)4-5-12(11)14/h4-5,9,15H,3,6-8H2,1-2H3,(H,16,17). The van der Waals surface area contributed by atoms with Crippen molar-refractivity contribution in [3.05, 3.63) is 32.9 Å². The van der Waals surface area contributed by atoms with Gasteiger partial charge in [0.2, 0.25) is 0 Å². The Labute approximate surface area is 117 Å². The topological polar surface area (TPSA) is 41.1 Å². The maximum Gasteiger partial charge on any atom is 0.252 e. The molecule has 0 aliphatic rings. The molecule has 0 bridgehead atoms. The predicted octanol–water partition coefficient (Wildman–Crippen LogP) is 2.33. The van der Waals surface area contributed by atoms with E-state index in [1.165, 1.54) is 0 Å². The molecule has 3 nitrogen and oxygen atoms in total. The fourth-order valence-corrected chi connectivity index (χ4v) is 2.05. The van der Waals surface area contributed by atoms with Gasteiger partial charge in [-0.3, -0.25) is 4.79 Å². The number of hydrogen-bond acceptors (Lipinski definition) is 2. The van der Waals surface area contributed by atoms with Gasteiger partial charge in [0.1, 0.15) is 0 Å². The lowest BCUT2D eigenvalue weighted by Crippen LogP contribution is -2.32. The highest BCUT2D eigenvalue weighted by Crippen LogP contribution is 2.13. The quantitative estimate of drug-likeness (QED) is 0.613. The van der Waals surface area contributed by atoms with Crippen molar-refractivity contribution in [1.82, 2.24) is 10.6 Å². The van der Waals surface area contributed by atoms with Crippen molar-refractivity contribution in [3.8, 4) is 0 Å². The average Bonchev–Trinajstić information content (AvgIpc) is 2.32. The minimum absolute atomic E-state index is 0.0106. The maximum atomic E-state index is 11.9. The summed E-state index contributed by atoms with van der Waals surface area (Å²) in [6.45, 7) is 6.61. The number of amides is 1. The zero-order chi connectivity index (χ0) is 12.7. The molecule has 4 heteroatoms. The third-order valence-corrected chi connectivity index (χ3v) is 3.32. The van der Waals surface area contributed by atoms with Gasteiger partial charge in [0.05, 0.1) is 5.56 Å². The van der Waals surface area contributed by atoms with Crippen LogP contribution in [0.5, 0.6) is 0 Å². The second kappa shape index (κ2) is 7.66. The highest BCUT2D eigenvalue weighted by molar-refractivity contribution is 14.1. The minimum Gasteiger partial charge on any atom is -0.351 e. The fourth-order valence-electron chi connectivity index (χ4n) is 1.47. The summed E-state index contributed by atoms with van der Waals surface area (Å²) in [5.41, 5.74) is 1.88. The minimum atomic E-state index is 0.0106. The Hall–Kier alpha value is -0.620. The highest BCUT2D eigenvalue weighted by atomic mass is 127. The first-order valence-electron chi connectivity index (χ1n) is 5.90. The van der Waals surface area contributed by atoms with Gasteiger partial charge in [-0.15, -0.1) is 0 Å². The zero-order valence-corrected chi connectivity index (χ0v) is 12.5. The van der Waals surface area contributed by atoms with Crippen LogP contribution in [0.1, 0.15) is 29.3 Å². The van der Waals surface area contributed by atoms with Crippen molar-refractivity contribution in [2.75, 3.05) is 19.6 Å². The molecule has 1 aromatic rings. The molecule has 1 rings (SSSR count). The lowest BCUT2D eigenvalue weighted by Gasteiger charge is -2.08. The zero-order valence-electron chi connectivity index (χ0n) is 10.3. The van der Waals surface area contributed by atoms with Gasteiger partial charge in [0, 0.05) is 16.7 Å². The summed E-state index contributed by atoms with van der Waals surface area (Å²) in [7, 11) is 0. The van der Waals surface area contributed by atoms with Crippen molar-refractivity contribution in [3.63, 3.8) is 0 Å². The van der Waals surface area contributed by atoms with Crippen LogP contribution in [0.2, 0.25) is 0 Å². The van der Waals surface area contributed by atoms with Gasteiger partial charge in [-0.1, -0.05) is 18.6 Å². The Balaban J connectivity index is 2.44. The van der Waals surface area contributed by atoms with Gasteiger partial charge in [-0.05, 0) is 54.6 Å². The van der Waals surface area contributed by atoms with Gasteiger partial charge >= 0.3 is 0 Å². The van der Waals surface area contributed by atoms with E-state index >= 15 is 0 Å². The van der Waals surface area contributed by atoms with Crippen LogP contribution in [-0.2, 0) is 0 Å². The number of carbonyl (C=O) groups excluding carboxylic acids is 1. The normalized spacial score (nSPS) is 10.3. The van der Waals surface area contributed by atoms with Gasteiger partial charge in [-0.2, -0.15) is 0 Å². The summed E-state index contributed by atoms with van der Waals surface area (Å²) in [6.07, 6.45) is 1.11. The lowest BCUT2D eigenvalue weighted by molar-refractivity contribution is 0.0953. The van der Waals surface area contributed by atoms with Crippen LogP contribution in [0.25, 0.3) is 0 Å². The molecule has 0 saturated carbocycles. The maximum absolute atomic E-state index is 11.9. The smallest absolute Gasteiger partial charge is 0.252 e. The molecule has 0 aliphatic heterocycles. The predicted molar refractivity (Wildman–Crippen MR) is 79.4 cm³/mol. The molecule has 0 unspecified atom stereocenters. The van der Waals surface area contributed by atoms with Gasteiger partial charge < -0.3 is 10.6 Å². The van der Waals surface area contributed by atoms with Crippen molar-refractivity contribution in [2.45, 2.75) is 20.3 Å². The third kappa shape index (κ3) is 5.04. The number of halogens is 1. The van der Waals surface area contributed by atoms with E-state index < -0.39 is 0 Å². The van der Waals surface area contributed by atoms with Crippen LogP contribution in [0.3, 0.4) is 0 Å². The van der Waals surface area contributed by atoms with Crippen molar-refractivity contribution >= 4 is 28.5 Å². The van der Waals surface area contributed by atoms with Crippen molar-refractivity contribution in [2.24, 2.45) is 0 Å². The third-order valence-electron chi connectivity index (χ3n) is 2.38. The first-order valence-corrected chi connectivity index (χ1v) is 6.98. The summed E-state index contributed by atoms with van der Waals surface area (Å²) in [5, 5.41) is 6.17. The van der Waals surface area contributed by atoms with E-state index in [2.05, 4.69) is 40.1 Å². The number of benzene rings is 1. The van der Waals surface area contributed by atoms with Crippen molar-refractivity contribution < 1.29 is 4.79 Å². The summed E-state index contributed by atoms with van der Waals surface area (Å²) in [5.74, 6) is 0.0106. The largest absolute Gasteiger partial charge is 0.351 e. The van der Waals surface area contributed by atoms with Gasteiger partial charge in [0.15, 0.2) is 0 Å². The Morgan fingerprint density at radius 2 is 2.06 bits per heavy atom. The van der Waals surface area contributed by atoms with Gasteiger partial charge in [-0.25, -0.2) is 0 Å². The number of rotatable bonds is 6. The van der Waals surface area contributed by atoms with Crippen LogP contribution >= 0.6 is 22.6 Å². The average molecular weight is 346 g/mol. The van der Waals surface area contributed by atoms with E-state index in [9.17, 15) is 4.79 Å². The first kappa shape index (κ1) is 14.4. The molecular weight excluding hydrogens is 327 g/mol. The summed E-state index contributed by atoms with van der Waals surface area (Å²) < 4.78 is 0.993. The highest BCUT2D eigenvalue weighted by Gasteiger charge is 2.08. The molecule has 0 heterocycles. The van der Waals surface area contributed by atoms with Crippen LogP contribution in [0.4, 0.5) is 0 Å².